The minimum atomic E-state index is -3.88. The molecule has 3 aromatic rings. The SMILES string of the molecule is COc1ccc(C(C)N(c2ccccc2)S(=O)(=O)c2ccccc2Cl)cc1. The summed E-state index contributed by atoms with van der Waals surface area (Å²) in [6, 6.07) is 22.4. The van der Waals surface area contributed by atoms with E-state index in [1.54, 1.807) is 37.4 Å². The zero-order valence-corrected chi connectivity index (χ0v) is 16.6. The zero-order valence-electron chi connectivity index (χ0n) is 15.0. The van der Waals surface area contributed by atoms with Crippen LogP contribution in [0.15, 0.2) is 83.8 Å². The summed E-state index contributed by atoms with van der Waals surface area (Å²) in [6.07, 6.45) is 0. The molecule has 3 aromatic carbocycles. The minimum Gasteiger partial charge on any atom is -0.497 e. The lowest BCUT2D eigenvalue weighted by atomic mass is 10.1. The van der Waals surface area contributed by atoms with Gasteiger partial charge in [0.05, 0.1) is 23.9 Å². The quantitative estimate of drug-likeness (QED) is 0.562. The van der Waals surface area contributed by atoms with Gasteiger partial charge in [0.1, 0.15) is 10.6 Å². The van der Waals surface area contributed by atoms with Crippen LogP contribution in [0.4, 0.5) is 5.69 Å². The monoisotopic (exact) mass is 401 g/mol. The van der Waals surface area contributed by atoms with Gasteiger partial charge in [0.15, 0.2) is 0 Å². The molecule has 0 aliphatic carbocycles. The fourth-order valence-electron chi connectivity index (χ4n) is 2.92. The van der Waals surface area contributed by atoms with E-state index in [1.165, 1.54) is 10.4 Å². The first kappa shape index (κ1) is 19.3. The Hall–Kier alpha value is -2.50. The Morgan fingerprint density at radius 1 is 0.889 bits per heavy atom. The second-order valence-corrected chi connectivity index (χ2v) is 8.21. The second-order valence-electron chi connectivity index (χ2n) is 6.02. The largest absolute Gasteiger partial charge is 0.497 e. The summed E-state index contributed by atoms with van der Waals surface area (Å²) in [5.74, 6) is 0.714. The molecule has 0 aliphatic heterocycles. The topological polar surface area (TPSA) is 46.6 Å². The number of para-hydroxylation sites is 1. The third-order valence-corrected chi connectivity index (χ3v) is 6.73. The van der Waals surface area contributed by atoms with Gasteiger partial charge >= 0.3 is 0 Å². The van der Waals surface area contributed by atoms with Crippen LogP contribution in [0.2, 0.25) is 5.02 Å². The molecule has 0 N–H and O–H groups in total. The molecule has 0 aromatic heterocycles. The number of hydrogen-bond acceptors (Lipinski definition) is 3. The number of benzene rings is 3. The number of ether oxygens (including phenoxy) is 1. The summed E-state index contributed by atoms with van der Waals surface area (Å²) < 4.78 is 33.6. The fourth-order valence-corrected chi connectivity index (χ4v) is 5.07. The maximum Gasteiger partial charge on any atom is 0.266 e. The Balaban J connectivity index is 2.13. The van der Waals surface area contributed by atoms with Gasteiger partial charge in [-0.3, -0.25) is 4.31 Å². The van der Waals surface area contributed by atoms with Crippen LogP contribution in [0.3, 0.4) is 0 Å². The molecule has 0 amide bonds. The maximum absolute atomic E-state index is 13.5. The molecule has 6 heteroatoms. The molecule has 4 nitrogen and oxygen atoms in total. The van der Waals surface area contributed by atoms with Gasteiger partial charge in [0.2, 0.25) is 0 Å². The summed E-state index contributed by atoms with van der Waals surface area (Å²) in [5.41, 5.74) is 1.41. The van der Waals surface area contributed by atoms with Crippen LogP contribution >= 0.6 is 11.6 Å². The molecule has 0 spiro atoms. The van der Waals surface area contributed by atoms with Crippen LogP contribution in [-0.2, 0) is 10.0 Å². The summed E-state index contributed by atoms with van der Waals surface area (Å²) in [7, 11) is -2.28. The van der Waals surface area contributed by atoms with Crippen LogP contribution < -0.4 is 9.04 Å². The molecule has 27 heavy (non-hydrogen) atoms. The third kappa shape index (κ3) is 3.94. The van der Waals surface area contributed by atoms with Crippen molar-refractivity contribution in [1.29, 1.82) is 0 Å². The van der Waals surface area contributed by atoms with Gasteiger partial charge in [-0.05, 0) is 48.9 Å². The summed E-state index contributed by atoms with van der Waals surface area (Å²) in [4.78, 5) is 0.0795. The zero-order chi connectivity index (χ0) is 19.4. The number of nitrogens with zero attached hydrogens (tertiary/aromatic N) is 1. The lowest BCUT2D eigenvalue weighted by Gasteiger charge is -2.31. The van der Waals surface area contributed by atoms with Crippen LogP contribution in [-0.4, -0.2) is 15.5 Å². The van der Waals surface area contributed by atoms with E-state index in [9.17, 15) is 8.42 Å². The van der Waals surface area contributed by atoms with E-state index in [0.717, 1.165) is 5.56 Å². The average molecular weight is 402 g/mol. The van der Waals surface area contributed by atoms with E-state index in [2.05, 4.69) is 0 Å². The van der Waals surface area contributed by atoms with Crippen molar-refractivity contribution in [3.8, 4) is 5.75 Å². The molecule has 0 saturated heterocycles. The fraction of sp³-hybridized carbons (Fsp3) is 0.143. The molecular formula is C21H20ClNO3S. The van der Waals surface area contributed by atoms with Crippen LogP contribution in [0.1, 0.15) is 18.5 Å². The summed E-state index contributed by atoms with van der Waals surface area (Å²) in [5, 5.41) is 0.195. The van der Waals surface area contributed by atoms with Crippen LogP contribution in [0, 0.1) is 0 Å². The predicted octanol–water partition coefficient (Wildman–Crippen LogP) is 5.31. The van der Waals surface area contributed by atoms with Gasteiger partial charge in [-0.15, -0.1) is 0 Å². The van der Waals surface area contributed by atoms with Gasteiger partial charge < -0.3 is 4.74 Å². The summed E-state index contributed by atoms with van der Waals surface area (Å²) >= 11 is 6.21. The molecule has 0 aliphatic rings. The van der Waals surface area contributed by atoms with Crippen molar-refractivity contribution in [2.24, 2.45) is 0 Å². The van der Waals surface area contributed by atoms with E-state index in [1.807, 2.05) is 49.4 Å². The molecule has 1 unspecified atom stereocenters. The number of rotatable bonds is 6. The first-order chi connectivity index (χ1) is 12.9. The van der Waals surface area contributed by atoms with Crippen molar-refractivity contribution in [2.75, 3.05) is 11.4 Å². The number of sulfonamides is 1. The average Bonchev–Trinajstić information content (AvgIpc) is 2.69. The Kier molecular flexibility index (Phi) is 5.73. The van der Waals surface area contributed by atoms with Gasteiger partial charge in [0.25, 0.3) is 10.0 Å². The molecule has 0 saturated carbocycles. The first-order valence-corrected chi connectivity index (χ1v) is 10.2. The van der Waals surface area contributed by atoms with Gasteiger partial charge in [-0.25, -0.2) is 8.42 Å². The molecule has 3 rings (SSSR count). The molecular weight excluding hydrogens is 382 g/mol. The standard InChI is InChI=1S/C21H20ClNO3S/c1-16(17-12-14-19(26-2)15-13-17)23(18-8-4-3-5-9-18)27(24,25)21-11-7-6-10-20(21)22/h3-16H,1-2H3. The first-order valence-electron chi connectivity index (χ1n) is 8.43. The molecule has 140 valence electrons. The van der Waals surface area contributed by atoms with Crippen molar-refractivity contribution in [2.45, 2.75) is 17.9 Å². The van der Waals surface area contributed by atoms with Gasteiger partial charge in [-0.2, -0.15) is 0 Å². The highest BCUT2D eigenvalue weighted by molar-refractivity contribution is 7.93. The predicted molar refractivity (Wildman–Crippen MR) is 109 cm³/mol. The maximum atomic E-state index is 13.5. The Morgan fingerprint density at radius 2 is 1.48 bits per heavy atom. The lowest BCUT2D eigenvalue weighted by molar-refractivity contribution is 0.414. The Morgan fingerprint density at radius 3 is 2.07 bits per heavy atom. The molecule has 0 radical (unpaired) electrons. The lowest BCUT2D eigenvalue weighted by Crippen LogP contribution is -2.33. The Bertz CT molecular complexity index is 1010. The molecule has 0 fully saturated rings. The highest BCUT2D eigenvalue weighted by Gasteiger charge is 2.31. The van der Waals surface area contributed by atoms with Crippen LogP contribution in [0.25, 0.3) is 0 Å². The van der Waals surface area contributed by atoms with E-state index in [-0.39, 0.29) is 9.92 Å². The van der Waals surface area contributed by atoms with Crippen molar-refractivity contribution in [3.05, 3.63) is 89.4 Å². The number of methoxy groups -OCH3 is 1. The van der Waals surface area contributed by atoms with Gasteiger partial charge in [0, 0.05) is 0 Å². The molecule has 0 bridgehead atoms. The van der Waals surface area contributed by atoms with Crippen LogP contribution in [0.5, 0.6) is 5.75 Å². The number of anilines is 1. The normalized spacial score (nSPS) is 12.4. The molecule has 0 heterocycles. The smallest absolute Gasteiger partial charge is 0.266 e. The van der Waals surface area contributed by atoms with Gasteiger partial charge in [-0.1, -0.05) is 54.1 Å². The van der Waals surface area contributed by atoms with Crippen molar-refractivity contribution >= 4 is 27.3 Å². The van der Waals surface area contributed by atoms with E-state index < -0.39 is 16.1 Å². The number of halogens is 1. The second kappa shape index (κ2) is 8.03. The van der Waals surface area contributed by atoms with Crippen molar-refractivity contribution < 1.29 is 13.2 Å². The number of hydrogen-bond donors (Lipinski definition) is 0. The molecule has 1 atom stereocenters. The van der Waals surface area contributed by atoms with E-state index in [4.69, 9.17) is 16.3 Å². The van der Waals surface area contributed by atoms with Crippen molar-refractivity contribution in [3.63, 3.8) is 0 Å². The summed E-state index contributed by atoms with van der Waals surface area (Å²) in [6.45, 7) is 1.85. The van der Waals surface area contributed by atoms with Crippen molar-refractivity contribution in [1.82, 2.24) is 0 Å². The third-order valence-electron chi connectivity index (χ3n) is 4.33. The Labute approximate surface area is 165 Å². The minimum absolute atomic E-state index is 0.0795. The van der Waals surface area contributed by atoms with E-state index >= 15 is 0 Å². The highest BCUT2D eigenvalue weighted by Crippen LogP contribution is 2.35. The van der Waals surface area contributed by atoms with E-state index in [0.29, 0.717) is 11.4 Å². The highest BCUT2D eigenvalue weighted by atomic mass is 35.5.